The van der Waals surface area contributed by atoms with E-state index in [1.807, 2.05) is 76.2 Å². The molecule has 162 valence electrons. The number of hydrogen-bond donors (Lipinski definition) is 0. The van der Waals surface area contributed by atoms with Crippen LogP contribution >= 0.6 is 0 Å². The average molecular weight is 438 g/mol. The van der Waals surface area contributed by atoms with Gasteiger partial charge >= 0.3 is 0 Å². The number of carbonyl (C=O) groups excluding carboxylic acids is 1. The fourth-order valence-electron chi connectivity index (χ4n) is 3.40. The van der Waals surface area contributed by atoms with Gasteiger partial charge in [0.15, 0.2) is 0 Å². The third-order valence-corrected chi connectivity index (χ3v) is 6.68. The Labute approximate surface area is 183 Å². The number of hydrogen-bond acceptors (Lipinski definition) is 5. The van der Waals surface area contributed by atoms with E-state index in [1.54, 1.807) is 11.9 Å². The molecule has 1 amide bonds. The van der Waals surface area contributed by atoms with Gasteiger partial charge in [0.05, 0.1) is 5.54 Å². The van der Waals surface area contributed by atoms with Gasteiger partial charge in [0, 0.05) is 25.1 Å². The third-order valence-electron chi connectivity index (χ3n) is 5.82. The molecule has 31 heavy (non-hydrogen) atoms. The van der Waals surface area contributed by atoms with Crippen LogP contribution in [0.4, 0.5) is 0 Å². The van der Waals surface area contributed by atoms with Gasteiger partial charge < -0.3 is 4.90 Å². The zero-order chi connectivity index (χ0) is 23.0. The van der Waals surface area contributed by atoms with E-state index < -0.39 is 15.4 Å². The lowest BCUT2D eigenvalue weighted by atomic mass is 9.91. The van der Waals surface area contributed by atoms with E-state index in [9.17, 15) is 13.2 Å². The molecule has 0 fully saturated rings. The van der Waals surface area contributed by atoms with Gasteiger partial charge in [-0.1, -0.05) is 48.5 Å². The van der Waals surface area contributed by atoms with Crippen molar-refractivity contribution in [1.29, 1.82) is 0 Å². The summed E-state index contributed by atoms with van der Waals surface area (Å²) in [5, 5.41) is -0.365. The first kappa shape index (κ1) is 22.6. The van der Waals surface area contributed by atoms with Gasteiger partial charge in [0.25, 0.3) is 5.91 Å². The molecular weight excluding hydrogens is 410 g/mol. The molecule has 0 radical (unpaired) electrons. The highest BCUT2D eigenvalue weighted by Gasteiger charge is 2.33. The van der Waals surface area contributed by atoms with E-state index in [0.717, 1.165) is 28.5 Å². The highest BCUT2D eigenvalue weighted by molar-refractivity contribution is 7.90. The maximum absolute atomic E-state index is 13.7. The highest BCUT2D eigenvalue weighted by atomic mass is 32.2. The Bertz CT molecular complexity index is 1240. The summed E-state index contributed by atoms with van der Waals surface area (Å²) >= 11 is 0. The zero-order valence-electron chi connectivity index (χ0n) is 18.7. The number of aryl methyl sites for hydroxylation is 1. The molecule has 3 rings (SSSR count). The second kappa shape index (κ2) is 8.23. The lowest BCUT2D eigenvalue weighted by molar-refractivity contribution is 0.0616. The van der Waals surface area contributed by atoms with Crippen LogP contribution in [0.15, 0.2) is 59.9 Å². The molecule has 0 saturated heterocycles. The number of aromatic nitrogens is 2. The van der Waals surface area contributed by atoms with E-state index in [-0.39, 0.29) is 16.8 Å². The van der Waals surface area contributed by atoms with Crippen LogP contribution in [0, 0.1) is 13.8 Å². The lowest BCUT2D eigenvalue weighted by Gasteiger charge is -2.36. The normalized spacial score (nSPS) is 11.9. The third kappa shape index (κ3) is 4.37. The van der Waals surface area contributed by atoms with E-state index in [1.165, 1.54) is 6.20 Å². The van der Waals surface area contributed by atoms with Crippen LogP contribution in [0.5, 0.6) is 0 Å². The number of carbonyl (C=O) groups is 1. The van der Waals surface area contributed by atoms with E-state index in [0.29, 0.717) is 5.56 Å². The number of rotatable bonds is 5. The molecule has 1 aromatic heterocycles. The minimum atomic E-state index is -3.68. The fourth-order valence-corrected chi connectivity index (χ4v) is 3.90. The predicted molar refractivity (Wildman–Crippen MR) is 122 cm³/mol. The molecule has 0 atom stereocenters. The van der Waals surface area contributed by atoms with Crippen molar-refractivity contribution in [2.45, 2.75) is 38.4 Å². The van der Waals surface area contributed by atoms with Crippen molar-refractivity contribution in [3.63, 3.8) is 0 Å². The SMILES string of the molecule is Cc1cccc(-c2cnc(S(C)(=O)=O)nc2C(=O)N(C)C(C)(C)c2ccccc2)c1C. The van der Waals surface area contributed by atoms with Crippen LogP contribution in [0.3, 0.4) is 0 Å². The van der Waals surface area contributed by atoms with Crippen LogP contribution < -0.4 is 0 Å². The fraction of sp³-hybridized carbons (Fsp3) is 0.292. The van der Waals surface area contributed by atoms with Gasteiger partial charge in [-0.2, -0.15) is 0 Å². The Balaban J connectivity index is 2.20. The summed E-state index contributed by atoms with van der Waals surface area (Å²) in [7, 11) is -1.98. The Morgan fingerprint density at radius 1 is 0.968 bits per heavy atom. The minimum Gasteiger partial charge on any atom is -0.331 e. The molecule has 0 bridgehead atoms. The summed E-state index contributed by atoms with van der Waals surface area (Å²) in [6, 6.07) is 15.4. The van der Waals surface area contributed by atoms with Crippen LogP contribution in [0.1, 0.15) is 41.0 Å². The van der Waals surface area contributed by atoms with Crippen LogP contribution in [-0.2, 0) is 15.4 Å². The van der Waals surface area contributed by atoms with Crippen molar-refractivity contribution in [3.05, 3.63) is 77.1 Å². The van der Waals surface area contributed by atoms with E-state index in [2.05, 4.69) is 9.97 Å². The number of benzene rings is 2. The summed E-state index contributed by atoms with van der Waals surface area (Å²) in [5.41, 5.74) is 3.72. The maximum atomic E-state index is 13.7. The molecule has 7 heteroatoms. The van der Waals surface area contributed by atoms with Crippen LogP contribution in [0.2, 0.25) is 0 Å². The monoisotopic (exact) mass is 437 g/mol. The Kier molecular flexibility index (Phi) is 6.00. The van der Waals surface area contributed by atoms with Crippen molar-refractivity contribution >= 4 is 15.7 Å². The summed E-state index contributed by atoms with van der Waals surface area (Å²) in [6.45, 7) is 7.82. The van der Waals surface area contributed by atoms with E-state index >= 15 is 0 Å². The van der Waals surface area contributed by atoms with Crippen LogP contribution in [0.25, 0.3) is 11.1 Å². The molecular formula is C24H27N3O3S. The largest absolute Gasteiger partial charge is 0.331 e. The number of sulfone groups is 1. The van der Waals surface area contributed by atoms with Gasteiger partial charge in [-0.05, 0) is 49.9 Å². The van der Waals surface area contributed by atoms with E-state index in [4.69, 9.17) is 0 Å². The molecule has 0 N–H and O–H groups in total. The summed E-state index contributed by atoms with van der Waals surface area (Å²) < 4.78 is 24.2. The van der Waals surface area contributed by atoms with Crippen molar-refractivity contribution in [2.24, 2.45) is 0 Å². The van der Waals surface area contributed by atoms with Gasteiger partial charge in [-0.3, -0.25) is 4.79 Å². The van der Waals surface area contributed by atoms with Crippen molar-refractivity contribution in [2.75, 3.05) is 13.3 Å². The molecule has 2 aromatic carbocycles. The standard InChI is InChI=1S/C24H27N3O3S/c1-16-11-10-14-19(17(16)2)20-15-25-23(31(6,29)30)26-21(20)22(28)27(5)24(3,4)18-12-8-7-9-13-18/h7-15H,1-6H3. The zero-order valence-corrected chi connectivity index (χ0v) is 19.5. The summed E-state index contributed by atoms with van der Waals surface area (Å²) in [5.74, 6) is -0.378. The summed E-state index contributed by atoms with van der Waals surface area (Å²) in [4.78, 5) is 23.5. The van der Waals surface area contributed by atoms with Gasteiger partial charge in [-0.15, -0.1) is 0 Å². The van der Waals surface area contributed by atoms with Crippen molar-refractivity contribution in [3.8, 4) is 11.1 Å². The Morgan fingerprint density at radius 2 is 1.61 bits per heavy atom. The maximum Gasteiger partial charge on any atom is 0.273 e. The Morgan fingerprint density at radius 3 is 2.23 bits per heavy atom. The number of nitrogens with zero attached hydrogens (tertiary/aromatic N) is 3. The first-order valence-corrected chi connectivity index (χ1v) is 11.8. The molecule has 0 saturated carbocycles. The molecule has 0 spiro atoms. The highest BCUT2D eigenvalue weighted by Crippen LogP contribution is 2.32. The first-order chi connectivity index (χ1) is 14.4. The van der Waals surface area contributed by atoms with Gasteiger partial charge in [0.1, 0.15) is 5.69 Å². The molecule has 0 aliphatic heterocycles. The second-order valence-corrected chi connectivity index (χ2v) is 10.1. The first-order valence-electron chi connectivity index (χ1n) is 9.92. The van der Waals surface area contributed by atoms with Crippen molar-refractivity contribution < 1.29 is 13.2 Å². The lowest BCUT2D eigenvalue weighted by Crippen LogP contribution is -2.43. The molecule has 3 aromatic rings. The quantitative estimate of drug-likeness (QED) is 0.560. The smallest absolute Gasteiger partial charge is 0.273 e. The topological polar surface area (TPSA) is 80.2 Å². The van der Waals surface area contributed by atoms with Crippen LogP contribution in [-0.4, -0.2) is 42.5 Å². The molecule has 0 unspecified atom stereocenters. The Hall–Kier alpha value is -3.06. The van der Waals surface area contributed by atoms with Gasteiger partial charge in [-0.25, -0.2) is 18.4 Å². The molecule has 1 heterocycles. The average Bonchev–Trinajstić information content (AvgIpc) is 2.74. The predicted octanol–water partition coefficient (Wildman–Crippen LogP) is 4.17. The molecule has 6 nitrogen and oxygen atoms in total. The second-order valence-electron chi connectivity index (χ2n) is 8.22. The molecule has 0 aliphatic carbocycles. The van der Waals surface area contributed by atoms with Crippen molar-refractivity contribution in [1.82, 2.24) is 14.9 Å². The van der Waals surface area contributed by atoms with Gasteiger partial charge in [0.2, 0.25) is 15.0 Å². The minimum absolute atomic E-state index is 0.0654. The summed E-state index contributed by atoms with van der Waals surface area (Å²) in [6.07, 6.45) is 2.47. The molecule has 0 aliphatic rings. The number of amides is 1.